The Balaban J connectivity index is 1.32. The molecule has 0 radical (unpaired) electrons. The van der Waals surface area contributed by atoms with Gasteiger partial charge in [0.05, 0.1) is 17.8 Å². The van der Waals surface area contributed by atoms with Gasteiger partial charge in [-0.15, -0.1) is 0 Å². The number of para-hydroxylation sites is 1. The maximum atomic E-state index is 13.8. The quantitative estimate of drug-likeness (QED) is 0.387. The van der Waals surface area contributed by atoms with Crippen LogP contribution in [0.1, 0.15) is 42.1 Å². The Hall–Kier alpha value is -4.13. The zero-order chi connectivity index (χ0) is 25.6. The van der Waals surface area contributed by atoms with E-state index in [0.717, 1.165) is 31.4 Å². The Labute approximate surface area is 217 Å². The van der Waals surface area contributed by atoms with E-state index >= 15 is 0 Å². The summed E-state index contributed by atoms with van der Waals surface area (Å²) < 4.78 is 3.70. The van der Waals surface area contributed by atoms with Crippen LogP contribution in [0.2, 0.25) is 0 Å². The van der Waals surface area contributed by atoms with Gasteiger partial charge in [-0.2, -0.15) is 5.10 Å². The highest BCUT2D eigenvalue weighted by Gasteiger charge is 2.32. The molecule has 2 amide bonds. The third kappa shape index (κ3) is 5.50. The Morgan fingerprint density at radius 3 is 2.41 bits per heavy atom. The smallest absolute Gasteiger partial charge is 0.259 e. The van der Waals surface area contributed by atoms with Gasteiger partial charge in [0.2, 0.25) is 5.91 Å². The molecule has 2 aromatic carbocycles. The van der Waals surface area contributed by atoms with Gasteiger partial charge in [-0.1, -0.05) is 55.5 Å². The van der Waals surface area contributed by atoms with Crippen LogP contribution in [0.4, 0.5) is 0 Å². The summed E-state index contributed by atoms with van der Waals surface area (Å²) in [4.78, 5) is 28.8. The number of amides is 2. The van der Waals surface area contributed by atoms with Crippen LogP contribution in [0.5, 0.6) is 0 Å². The van der Waals surface area contributed by atoms with Gasteiger partial charge in [0.25, 0.3) is 5.91 Å². The Morgan fingerprint density at radius 2 is 1.70 bits per heavy atom. The zero-order valence-corrected chi connectivity index (χ0v) is 21.2. The minimum absolute atomic E-state index is 0.0332. The number of aromatic nitrogens is 3. The van der Waals surface area contributed by atoms with E-state index in [-0.39, 0.29) is 23.8 Å². The number of hydrogen-bond acceptors (Lipinski definition) is 3. The Kier molecular flexibility index (Phi) is 7.49. The summed E-state index contributed by atoms with van der Waals surface area (Å²) in [5.74, 6) is 0.411. The summed E-state index contributed by atoms with van der Waals surface area (Å²) in [5.41, 5.74) is 2.62. The second kappa shape index (κ2) is 11.3. The molecule has 7 nitrogen and oxygen atoms in total. The second-order valence-corrected chi connectivity index (χ2v) is 9.61. The molecule has 37 heavy (non-hydrogen) atoms. The van der Waals surface area contributed by atoms with Gasteiger partial charge >= 0.3 is 0 Å². The maximum absolute atomic E-state index is 13.8. The Bertz CT molecular complexity index is 1310. The molecule has 190 valence electrons. The molecule has 1 saturated heterocycles. The van der Waals surface area contributed by atoms with Gasteiger partial charge in [-0.3, -0.25) is 9.59 Å². The van der Waals surface area contributed by atoms with Crippen LogP contribution in [-0.4, -0.2) is 50.2 Å². The molecule has 2 aromatic heterocycles. The normalized spacial score (nSPS) is 16.4. The fourth-order valence-electron chi connectivity index (χ4n) is 5.04. The summed E-state index contributed by atoms with van der Waals surface area (Å²) in [6.07, 6.45) is 8.71. The first-order valence-corrected chi connectivity index (χ1v) is 13.0. The van der Waals surface area contributed by atoms with Crippen LogP contribution in [-0.2, 0) is 11.2 Å². The van der Waals surface area contributed by atoms with Gasteiger partial charge < -0.3 is 14.8 Å². The number of likely N-dealkylation sites (tertiary alicyclic amines) is 1. The largest absolute Gasteiger partial charge is 0.353 e. The number of rotatable bonds is 8. The van der Waals surface area contributed by atoms with Crippen LogP contribution < -0.4 is 5.32 Å². The lowest BCUT2D eigenvalue weighted by atomic mass is 9.95. The van der Waals surface area contributed by atoms with Gasteiger partial charge in [-0.25, -0.2) is 4.68 Å². The molecule has 0 aliphatic carbocycles. The highest BCUT2D eigenvalue weighted by Crippen LogP contribution is 2.24. The molecule has 0 unspecified atom stereocenters. The van der Waals surface area contributed by atoms with E-state index in [0.29, 0.717) is 24.5 Å². The number of carbonyl (C=O) groups is 2. The topological polar surface area (TPSA) is 72.2 Å². The van der Waals surface area contributed by atoms with Crippen LogP contribution in [0.15, 0.2) is 91.4 Å². The predicted molar refractivity (Wildman–Crippen MR) is 144 cm³/mol. The second-order valence-electron chi connectivity index (χ2n) is 9.61. The SMILES string of the molecule is CC[C@@H](Cc1ccccc1)NC(=O)[C@H]1CCCN(C(=O)c2cnn(-c3ccccc3)c2-n2cccc2)C1. The van der Waals surface area contributed by atoms with Crippen molar-refractivity contribution < 1.29 is 9.59 Å². The molecule has 3 heterocycles. The molecule has 1 fully saturated rings. The van der Waals surface area contributed by atoms with Crippen molar-refractivity contribution in [3.63, 3.8) is 0 Å². The molecule has 0 spiro atoms. The summed E-state index contributed by atoms with van der Waals surface area (Å²) in [5, 5.41) is 7.82. The van der Waals surface area contributed by atoms with E-state index in [2.05, 4.69) is 29.5 Å². The van der Waals surface area contributed by atoms with Crippen LogP contribution in [0, 0.1) is 5.92 Å². The average Bonchev–Trinajstić information content (AvgIpc) is 3.63. The predicted octanol–water partition coefficient (Wildman–Crippen LogP) is 4.65. The molecule has 7 heteroatoms. The van der Waals surface area contributed by atoms with Crippen LogP contribution in [0.3, 0.4) is 0 Å². The zero-order valence-electron chi connectivity index (χ0n) is 21.2. The average molecular weight is 496 g/mol. The number of nitrogens with one attached hydrogen (secondary N) is 1. The third-order valence-electron chi connectivity index (χ3n) is 7.07. The van der Waals surface area contributed by atoms with Crippen LogP contribution >= 0.6 is 0 Å². The fraction of sp³-hybridized carbons (Fsp3) is 0.300. The maximum Gasteiger partial charge on any atom is 0.259 e. The van der Waals surface area contributed by atoms with E-state index in [1.165, 1.54) is 5.56 Å². The summed E-state index contributed by atoms with van der Waals surface area (Å²) in [7, 11) is 0. The number of hydrogen-bond donors (Lipinski definition) is 1. The van der Waals surface area contributed by atoms with E-state index in [9.17, 15) is 9.59 Å². The van der Waals surface area contributed by atoms with E-state index < -0.39 is 0 Å². The van der Waals surface area contributed by atoms with E-state index in [1.54, 1.807) is 10.9 Å². The van der Waals surface area contributed by atoms with Crippen molar-refractivity contribution in [1.29, 1.82) is 0 Å². The monoisotopic (exact) mass is 495 g/mol. The number of carbonyl (C=O) groups excluding carboxylic acids is 2. The molecular weight excluding hydrogens is 462 g/mol. The van der Waals surface area contributed by atoms with Crippen molar-refractivity contribution in [3.8, 4) is 11.5 Å². The number of benzene rings is 2. The standard InChI is InChI=1S/C30H33N5O2/c1-2-25(20-23-12-5-3-6-13-23)32-28(36)24-14-11-19-34(22-24)30(37)27-21-31-35(26-15-7-4-8-16-26)29(27)33-17-9-10-18-33/h3-10,12-13,15-18,21,24-25H,2,11,14,19-20,22H2,1H3,(H,32,36)/t24-,25-/m0/s1. The van der Waals surface area contributed by atoms with Crippen molar-refractivity contribution >= 4 is 11.8 Å². The first-order chi connectivity index (χ1) is 18.1. The first kappa shape index (κ1) is 24.6. The van der Waals surface area contributed by atoms with Crippen molar-refractivity contribution in [1.82, 2.24) is 24.6 Å². The summed E-state index contributed by atoms with van der Waals surface area (Å²) in [6, 6.07) is 24.0. The van der Waals surface area contributed by atoms with Crippen molar-refractivity contribution in [2.45, 2.75) is 38.6 Å². The molecule has 0 saturated carbocycles. The summed E-state index contributed by atoms with van der Waals surface area (Å²) in [6.45, 7) is 3.14. The molecule has 1 aliphatic rings. The van der Waals surface area contributed by atoms with E-state index in [1.807, 2.05) is 82.5 Å². The van der Waals surface area contributed by atoms with Gasteiger partial charge in [-0.05, 0) is 55.5 Å². The molecule has 5 rings (SSSR count). The molecule has 0 bridgehead atoms. The van der Waals surface area contributed by atoms with Crippen molar-refractivity contribution in [2.24, 2.45) is 5.92 Å². The minimum atomic E-state index is -0.221. The van der Waals surface area contributed by atoms with Crippen LogP contribution in [0.25, 0.3) is 11.5 Å². The third-order valence-corrected chi connectivity index (χ3v) is 7.07. The van der Waals surface area contributed by atoms with Gasteiger partial charge in [0, 0.05) is 31.5 Å². The first-order valence-electron chi connectivity index (χ1n) is 13.0. The molecular formula is C30H33N5O2. The highest BCUT2D eigenvalue weighted by atomic mass is 16.2. The molecule has 4 aromatic rings. The lowest BCUT2D eigenvalue weighted by Crippen LogP contribution is -2.48. The van der Waals surface area contributed by atoms with Crippen molar-refractivity contribution in [2.75, 3.05) is 13.1 Å². The van der Waals surface area contributed by atoms with Crippen molar-refractivity contribution in [3.05, 3.63) is 103 Å². The lowest BCUT2D eigenvalue weighted by molar-refractivity contribution is -0.127. The van der Waals surface area contributed by atoms with Gasteiger partial charge in [0.1, 0.15) is 5.56 Å². The number of nitrogens with zero attached hydrogens (tertiary/aromatic N) is 4. The lowest BCUT2D eigenvalue weighted by Gasteiger charge is -2.33. The number of piperidine rings is 1. The van der Waals surface area contributed by atoms with Gasteiger partial charge in [0.15, 0.2) is 5.82 Å². The highest BCUT2D eigenvalue weighted by molar-refractivity contribution is 5.97. The minimum Gasteiger partial charge on any atom is -0.353 e. The van der Waals surface area contributed by atoms with E-state index in [4.69, 9.17) is 0 Å². The molecule has 1 aliphatic heterocycles. The molecule has 2 atom stereocenters. The molecule has 1 N–H and O–H groups in total. The summed E-state index contributed by atoms with van der Waals surface area (Å²) >= 11 is 0. The Morgan fingerprint density at radius 1 is 1.00 bits per heavy atom. The fourth-order valence-corrected chi connectivity index (χ4v) is 5.04.